The van der Waals surface area contributed by atoms with Crippen molar-refractivity contribution in [2.75, 3.05) is 12.3 Å². The maximum absolute atomic E-state index is 13.0. The van der Waals surface area contributed by atoms with E-state index in [4.69, 9.17) is 26.5 Å². The van der Waals surface area contributed by atoms with Gasteiger partial charge in [0.2, 0.25) is 5.88 Å². The van der Waals surface area contributed by atoms with Crippen LogP contribution >= 0.6 is 11.6 Å². The third-order valence-corrected chi connectivity index (χ3v) is 4.20. The molecule has 1 aliphatic rings. The van der Waals surface area contributed by atoms with E-state index in [0.717, 1.165) is 6.07 Å². The molecule has 0 amide bonds. The summed E-state index contributed by atoms with van der Waals surface area (Å²) in [4.78, 5) is 0. The van der Waals surface area contributed by atoms with Crippen molar-refractivity contribution < 1.29 is 27.4 Å². The molecule has 1 aromatic heterocycles. The second-order valence-electron chi connectivity index (χ2n) is 5.36. The fourth-order valence-electron chi connectivity index (χ4n) is 2.65. The highest BCUT2D eigenvalue weighted by Gasteiger charge is 2.35. The van der Waals surface area contributed by atoms with Crippen molar-refractivity contribution in [3.05, 3.63) is 46.9 Å². The van der Waals surface area contributed by atoms with Crippen LogP contribution in [0.15, 0.2) is 35.0 Å². The molecule has 0 radical (unpaired) electrons. The molecule has 1 unspecified atom stereocenters. The number of allylic oxidation sites excluding steroid dienone is 1. The summed E-state index contributed by atoms with van der Waals surface area (Å²) in [7, 11) is 0. The number of nitrogens with two attached hydrogens (primary N) is 1. The van der Waals surface area contributed by atoms with Crippen LogP contribution in [-0.4, -0.2) is 11.7 Å². The molecule has 3 rings (SSSR count). The predicted octanol–water partition coefficient (Wildman–Crippen LogP) is 4.92. The van der Waals surface area contributed by atoms with Gasteiger partial charge in [-0.1, -0.05) is 23.7 Å². The van der Waals surface area contributed by atoms with Gasteiger partial charge in [-0.15, -0.1) is 0 Å². The molecule has 0 saturated carbocycles. The zero-order valence-corrected chi connectivity index (χ0v) is 13.0. The zero-order valence-electron chi connectivity index (χ0n) is 12.2. The number of nitrogen functional groups attached to an aromatic ring is 1. The molecular formula is C16H13ClF3NO3. The minimum absolute atomic E-state index is 0.0382. The molecule has 2 heterocycles. The molecule has 0 aliphatic carbocycles. The first-order valence-electron chi connectivity index (χ1n) is 7.04. The Balaban J connectivity index is 2.11. The van der Waals surface area contributed by atoms with Crippen molar-refractivity contribution in [3.63, 3.8) is 0 Å². The lowest BCUT2D eigenvalue weighted by atomic mass is 9.98. The summed E-state index contributed by atoms with van der Waals surface area (Å²) >= 11 is 5.90. The van der Waals surface area contributed by atoms with Crippen LogP contribution in [0.4, 0.5) is 19.1 Å². The number of hydrogen-bond acceptors (Lipinski definition) is 4. The van der Waals surface area contributed by atoms with E-state index >= 15 is 0 Å². The summed E-state index contributed by atoms with van der Waals surface area (Å²) in [5.74, 6) is -0.633. The van der Waals surface area contributed by atoms with Crippen molar-refractivity contribution in [2.24, 2.45) is 0 Å². The minimum atomic E-state index is -4.62. The lowest BCUT2D eigenvalue weighted by Crippen LogP contribution is -2.08. The highest BCUT2D eigenvalue weighted by Crippen LogP contribution is 2.48. The molecule has 0 saturated heterocycles. The van der Waals surface area contributed by atoms with Gasteiger partial charge in [-0.25, -0.2) is 0 Å². The third-order valence-electron chi connectivity index (χ3n) is 3.79. The minimum Gasteiger partial charge on any atom is -0.504 e. The van der Waals surface area contributed by atoms with E-state index in [2.05, 4.69) is 0 Å². The average Bonchev–Trinajstić information content (AvgIpc) is 2.82. The Hall–Kier alpha value is -2.28. The van der Waals surface area contributed by atoms with Crippen LogP contribution in [0.3, 0.4) is 0 Å². The Labute approximate surface area is 140 Å². The van der Waals surface area contributed by atoms with Gasteiger partial charge in [-0.3, -0.25) is 0 Å². The molecular weight excluding hydrogens is 347 g/mol. The van der Waals surface area contributed by atoms with E-state index in [0.29, 0.717) is 6.42 Å². The predicted molar refractivity (Wildman–Crippen MR) is 82.7 cm³/mol. The van der Waals surface area contributed by atoms with Gasteiger partial charge in [-0.05, 0) is 18.6 Å². The smallest absolute Gasteiger partial charge is 0.417 e. The largest absolute Gasteiger partial charge is 0.504 e. The van der Waals surface area contributed by atoms with Gasteiger partial charge in [0.25, 0.3) is 0 Å². The quantitative estimate of drug-likeness (QED) is 0.798. The van der Waals surface area contributed by atoms with Crippen molar-refractivity contribution in [3.8, 4) is 16.9 Å². The number of benzene rings is 1. The molecule has 3 N–H and O–H groups in total. The third kappa shape index (κ3) is 2.80. The van der Waals surface area contributed by atoms with Gasteiger partial charge in [0.1, 0.15) is 0 Å². The molecule has 128 valence electrons. The molecule has 0 spiro atoms. The van der Waals surface area contributed by atoms with Gasteiger partial charge < -0.3 is 20.0 Å². The second kappa shape index (κ2) is 5.98. The van der Waals surface area contributed by atoms with Crippen LogP contribution in [0.1, 0.15) is 23.7 Å². The van der Waals surface area contributed by atoms with Crippen molar-refractivity contribution in [1.29, 1.82) is 0 Å². The maximum Gasteiger partial charge on any atom is 0.417 e. The van der Waals surface area contributed by atoms with E-state index in [9.17, 15) is 18.3 Å². The van der Waals surface area contributed by atoms with Crippen LogP contribution in [0, 0.1) is 0 Å². The first-order valence-corrected chi connectivity index (χ1v) is 7.42. The first kappa shape index (κ1) is 16.6. The van der Waals surface area contributed by atoms with E-state index in [1.165, 1.54) is 18.4 Å². The van der Waals surface area contributed by atoms with Crippen LogP contribution in [0.25, 0.3) is 11.1 Å². The number of aromatic hydroxyl groups is 1. The monoisotopic (exact) mass is 359 g/mol. The fourth-order valence-corrected chi connectivity index (χ4v) is 2.98. The summed E-state index contributed by atoms with van der Waals surface area (Å²) < 4.78 is 49.6. The topological polar surface area (TPSA) is 68.6 Å². The lowest BCUT2D eigenvalue weighted by Gasteiger charge is -2.16. The normalized spacial score (nSPS) is 17.8. The van der Waals surface area contributed by atoms with Crippen molar-refractivity contribution in [2.45, 2.75) is 18.5 Å². The maximum atomic E-state index is 13.0. The number of halogens is 4. The molecule has 4 nitrogen and oxygen atoms in total. The van der Waals surface area contributed by atoms with E-state index in [-0.39, 0.29) is 41.0 Å². The zero-order chi connectivity index (χ0) is 17.5. The second-order valence-corrected chi connectivity index (χ2v) is 5.73. The first-order chi connectivity index (χ1) is 11.3. The van der Waals surface area contributed by atoms with E-state index < -0.39 is 16.8 Å². The molecule has 2 aromatic rings. The number of anilines is 1. The number of hydrogen-bond donors (Lipinski definition) is 2. The average molecular weight is 360 g/mol. The number of rotatable bonds is 2. The van der Waals surface area contributed by atoms with Gasteiger partial charge in [0.05, 0.1) is 34.9 Å². The number of ether oxygens (including phenoxy) is 1. The summed E-state index contributed by atoms with van der Waals surface area (Å²) in [6.07, 6.45) is -0.782. The van der Waals surface area contributed by atoms with Crippen LogP contribution in [-0.2, 0) is 10.9 Å². The lowest BCUT2D eigenvalue weighted by molar-refractivity contribution is -0.137. The SMILES string of the molecule is Nc1oc(C2CC=COC2)c(O)c1-c1cccc(C(F)(F)F)c1Cl. The Morgan fingerprint density at radius 3 is 2.67 bits per heavy atom. The summed E-state index contributed by atoms with van der Waals surface area (Å²) in [5.41, 5.74) is 4.69. The standard InChI is InChI=1S/C16H13ClF3NO3/c17-12-9(4-1-5-10(12)16(18,19)20)11-13(22)14(24-15(11)21)8-3-2-6-23-7-8/h1-2,4-6,8,22H,3,7,21H2. The highest BCUT2D eigenvalue weighted by atomic mass is 35.5. The molecule has 1 aromatic carbocycles. The van der Waals surface area contributed by atoms with Gasteiger partial charge >= 0.3 is 6.18 Å². The van der Waals surface area contributed by atoms with Crippen LogP contribution in [0.2, 0.25) is 5.02 Å². The van der Waals surface area contributed by atoms with Gasteiger partial charge in [-0.2, -0.15) is 13.2 Å². The van der Waals surface area contributed by atoms with Crippen molar-refractivity contribution >= 4 is 17.5 Å². The Bertz CT molecular complexity index is 799. The summed E-state index contributed by atoms with van der Waals surface area (Å²) in [5, 5.41) is 9.90. The van der Waals surface area contributed by atoms with Crippen molar-refractivity contribution in [1.82, 2.24) is 0 Å². The molecule has 1 aliphatic heterocycles. The Morgan fingerprint density at radius 1 is 1.29 bits per heavy atom. The molecule has 1 atom stereocenters. The van der Waals surface area contributed by atoms with Gasteiger partial charge in [0, 0.05) is 5.56 Å². The highest BCUT2D eigenvalue weighted by molar-refractivity contribution is 6.34. The fraction of sp³-hybridized carbons (Fsp3) is 0.250. The van der Waals surface area contributed by atoms with E-state index in [1.54, 1.807) is 6.08 Å². The summed E-state index contributed by atoms with van der Waals surface area (Å²) in [6, 6.07) is 3.40. The van der Waals surface area contributed by atoms with Crippen LogP contribution < -0.4 is 5.73 Å². The molecule has 24 heavy (non-hydrogen) atoms. The number of alkyl halides is 3. The van der Waals surface area contributed by atoms with Crippen LogP contribution in [0.5, 0.6) is 5.75 Å². The summed E-state index contributed by atoms with van der Waals surface area (Å²) in [6.45, 7) is 0.271. The van der Waals surface area contributed by atoms with Gasteiger partial charge in [0.15, 0.2) is 11.5 Å². The molecule has 0 bridgehead atoms. The van der Waals surface area contributed by atoms with E-state index in [1.807, 2.05) is 0 Å². The Kier molecular flexibility index (Phi) is 4.13. The number of furan rings is 1. The molecule has 8 heteroatoms. The molecule has 0 fully saturated rings. The Morgan fingerprint density at radius 2 is 2.04 bits per heavy atom.